The van der Waals surface area contributed by atoms with Crippen molar-refractivity contribution in [1.29, 1.82) is 0 Å². The first-order valence-electron chi connectivity index (χ1n) is 15.6. The van der Waals surface area contributed by atoms with Crippen molar-refractivity contribution in [1.82, 2.24) is 40.1 Å². The summed E-state index contributed by atoms with van der Waals surface area (Å²) in [6, 6.07) is 15.0. The molecule has 0 unspecified atom stereocenters. The Labute approximate surface area is 280 Å². The molecule has 0 radical (unpaired) electrons. The first-order chi connectivity index (χ1) is 21.0. The average Bonchev–Trinajstić information content (AvgIpc) is 3.86. The molecule has 2 spiro atoms. The number of fused-ring (bicyclic) bond motifs is 2. The summed E-state index contributed by atoms with van der Waals surface area (Å²) in [7, 11) is 0. The molecule has 0 bridgehead atoms. The summed E-state index contributed by atoms with van der Waals surface area (Å²) < 4.78 is 0. The maximum atomic E-state index is 4.60. The average molecular weight is 700 g/mol. The van der Waals surface area contributed by atoms with Crippen LogP contribution in [0.2, 0.25) is 0 Å². The van der Waals surface area contributed by atoms with E-state index in [1.807, 2.05) is 12.4 Å². The number of nitrogens with zero attached hydrogens (tertiary/aromatic N) is 7. The van der Waals surface area contributed by atoms with E-state index in [9.17, 15) is 0 Å². The van der Waals surface area contributed by atoms with Crippen molar-refractivity contribution in [3.8, 4) is 0 Å². The van der Waals surface area contributed by atoms with Gasteiger partial charge in [-0.1, -0.05) is 44.2 Å². The standard InChI is InChI=1S/C20H23N5.C13H17N5.CH3.Pd.H2/c1-15-11-25(12-16-5-3-2-4-6-16)20(15)8-10-24(13-20)19-17-7-9-21-18(17)22-14-23-19;1-9-6-17-13(9)3-5-18(7-13)12-10-2-4-14-11(10)15-8-16-12;;;/h2-7,9,14-15H,8,10-13H2,1H3,(H,21,22,23);2,4,8-9,17H,3,5-7H2,1H3,(H,14,15,16);1H3;;1H/q;;-1;;/t15-,20-;9-,13-;;;/m00.../s1. The van der Waals surface area contributed by atoms with Gasteiger partial charge < -0.3 is 32.5 Å². The number of aromatic nitrogens is 6. The van der Waals surface area contributed by atoms with Crippen molar-refractivity contribution < 1.29 is 21.8 Å². The van der Waals surface area contributed by atoms with Crippen LogP contribution in [-0.2, 0) is 27.0 Å². The van der Waals surface area contributed by atoms with Crippen molar-refractivity contribution in [2.24, 2.45) is 11.8 Å². The van der Waals surface area contributed by atoms with Gasteiger partial charge in [0.2, 0.25) is 0 Å². The molecule has 0 amide bonds. The Morgan fingerprint density at radius 3 is 1.98 bits per heavy atom. The van der Waals surface area contributed by atoms with Gasteiger partial charge in [-0.15, -0.1) is 0 Å². The van der Waals surface area contributed by atoms with Crippen LogP contribution in [0.5, 0.6) is 0 Å². The van der Waals surface area contributed by atoms with Crippen LogP contribution in [0.15, 0.2) is 67.5 Å². The third kappa shape index (κ3) is 5.34. The minimum absolute atomic E-state index is 0. The van der Waals surface area contributed by atoms with E-state index < -0.39 is 0 Å². The third-order valence-electron chi connectivity index (χ3n) is 10.8. The molecule has 11 heteroatoms. The number of nitrogens with one attached hydrogen (secondary N) is 3. The van der Waals surface area contributed by atoms with E-state index in [0.29, 0.717) is 5.54 Å². The maximum absolute atomic E-state index is 4.60. The molecule has 4 aliphatic heterocycles. The van der Waals surface area contributed by atoms with E-state index in [0.717, 1.165) is 84.8 Å². The maximum Gasteiger partial charge on any atom is 0.142 e. The molecule has 1 aromatic carbocycles. The van der Waals surface area contributed by atoms with E-state index in [4.69, 9.17) is 0 Å². The Kier molecular flexibility index (Phi) is 8.74. The second kappa shape index (κ2) is 12.4. The SMILES string of the molecule is C[C@H]1CN(Cc2ccccc2)[C@]12CCN(c1ncnc3[nH]ccc13)C2.C[C@H]1CN[C@]12CCN(c1ncnc3[nH]ccc13)C2.[CH3-].[HH].[Pd]. The predicted octanol–water partition coefficient (Wildman–Crippen LogP) is 4.90. The van der Waals surface area contributed by atoms with Gasteiger partial charge in [-0.05, 0) is 42.4 Å². The van der Waals surface area contributed by atoms with Crippen molar-refractivity contribution in [2.45, 2.75) is 44.3 Å². The third-order valence-corrected chi connectivity index (χ3v) is 10.8. The second-order valence-corrected chi connectivity index (χ2v) is 13.0. The molecule has 3 N–H and O–H groups in total. The van der Waals surface area contributed by atoms with Crippen LogP contribution in [0, 0.1) is 19.3 Å². The summed E-state index contributed by atoms with van der Waals surface area (Å²) >= 11 is 0. The van der Waals surface area contributed by atoms with Gasteiger partial charge >= 0.3 is 0 Å². The van der Waals surface area contributed by atoms with Crippen molar-refractivity contribution in [3.05, 3.63) is 80.5 Å². The molecule has 45 heavy (non-hydrogen) atoms. The van der Waals surface area contributed by atoms with E-state index in [2.05, 4.69) is 106 Å². The van der Waals surface area contributed by atoms with E-state index in [-0.39, 0.29) is 34.8 Å². The van der Waals surface area contributed by atoms with Gasteiger partial charge in [0.25, 0.3) is 0 Å². The Hall–Kier alpha value is -3.36. The first-order valence-corrected chi connectivity index (χ1v) is 15.6. The van der Waals surface area contributed by atoms with Crippen molar-refractivity contribution in [3.63, 3.8) is 0 Å². The normalized spacial score (nSPS) is 27.2. The fraction of sp³-hybridized carbons (Fsp3) is 0.441. The molecule has 4 aromatic heterocycles. The fourth-order valence-electron chi connectivity index (χ4n) is 7.94. The summed E-state index contributed by atoms with van der Waals surface area (Å²) in [5.74, 6) is 3.64. The van der Waals surface area contributed by atoms with Crippen molar-refractivity contribution >= 4 is 33.7 Å². The van der Waals surface area contributed by atoms with E-state index in [1.165, 1.54) is 24.9 Å². The molecular weight excluding hydrogens is 655 g/mol. The van der Waals surface area contributed by atoms with Gasteiger partial charge in [-0.2, -0.15) is 0 Å². The van der Waals surface area contributed by atoms with Crippen LogP contribution in [0.25, 0.3) is 22.1 Å². The molecule has 9 rings (SSSR count). The van der Waals surface area contributed by atoms with Crippen LogP contribution in [-0.4, -0.2) is 85.2 Å². The van der Waals surface area contributed by atoms with Gasteiger partial charge in [-0.25, -0.2) is 19.9 Å². The molecule has 4 fully saturated rings. The number of aromatic amines is 2. The van der Waals surface area contributed by atoms with Crippen LogP contribution in [0.3, 0.4) is 0 Å². The van der Waals surface area contributed by atoms with Gasteiger partial charge in [0.05, 0.1) is 10.8 Å². The zero-order valence-electron chi connectivity index (χ0n) is 26.3. The van der Waals surface area contributed by atoms with Gasteiger partial charge in [-0.3, -0.25) is 4.90 Å². The number of likely N-dealkylation sites (tertiary alicyclic amines) is 1. The number of hydrogen-bond donors (Lipinski definition) is 3. The quantitative estimate of drug-likeness (QED) is 0.180. The topological polar surface area (TPSA) is 105 Å². The summed E-state index contributed by atoms with van der Waals surface area (Å²) in [6.07, 6.45) is 9.62. The molecule has 242 valence electrons. The zero-order valence-corrected chi connectivity index (χ0v) is 27.9. The van der Waals surface area contributed by atoms with Crippen LogP contribution < -0.4 is 15.1 Å². The van der Waals surface area contributed by atoms with Crippen LogP contribution >= 0.6 is 0 Å². The number of anilines is 2. The molecule has 10 nitrogen and oxygen atoms in total. The van der Waals surface area contributed by atoms with Crippen molar-refractivity contribution in [2.75, 3.05) is 49.1 Å². The monoisotopic (exact) mass is 699 g/mol. The number of hydrogen-bond acceptors (Lipinski definition) is 8. The minimum Gasteiger partial charge on any atom is -0.358 e. The van der Waals surface area contributed by atoms with E-state index in [1.54, 1.807) is 12.7 Å². The summed E-state index contributed by atoms with van der Waals surface area (Å²) in [5, 5.41) is 5.87. The summed E-state index contributed by atoms with van der Waals surface area (Å²) in [6.45, 7) is 12.4. The smallest absolute Gasteiger partial charge is 0.142 e. The number of rotatable bonds is 4. The van der Waals surface area contributed by atoms with Gasteiger partial charge in [0.1, 0.15) is 35.6 Å². The molecule has 4 atom stereocenters. The Balaban J connectivity index is 0.000000178. The minimum atomic E-state index is 0. The molecule has 4 saturated heterocycles. The second-order valence-electron chi connectivity index (χ2n) is 13.0. The Morgan fingerprint density at radius 2 is 1.42 bits per heavy atom. The first kappa shape index (κ1) is 31.6. The largest absolute Gasteiger partial charge is 0.358 e. The zero-order chi connectivity index (χ0) is 29.0. The van der Waals surface area contributed by atoms with Crippen LogP contribution in [0.1, 0.15) is 33.7 Å². The molecule has 0 aliphatic carbocycles. The fourth-order valence-corrected chi connectivity index (χ4v) is 7.94. The summed E-state index contributed by atoms with van der Waals surface area (Å²) in [5.41, 5.74) is 3.86. The molecule has 0 saturated carbocycles. The predicted molar refractivity (Wildman–Crippen MR) is 179 cm³/mol. The van der Waals surface area contributed by atoms with E-state index >= 15 is 0 Å². The number of benzene rings is 1. The van der Waals surface area contributed by atoms with Gasteiger partial charge in [0.15, 0.2) is 0 Å². The molecular formula is C34H45N10Pd-. The van der Waals surface area contributed by atoms with Crippen LogP contribution in [0.4, 0.5) is 11.6 Å². The molecule has 8 heterocycles. The molecule has 5 aromatic rings. The Morgan fingerprint density at radius 1 is 0.800 bits per heavy atom. The Bertz CT molecular complexity index is 1750. The van der Waals surface area contributed by atoms with Gasteiger partial charge in [0, 0.05) is 91.1 Å². The number of H-pyrrole nitrogens is 2. The molecule has 4 aliphatic rings. The summed E-state index contributed by atoms with van der Waals surface area (Å²) in [4.78, 5) is 31.5.